The van der Waals surface area contributed by atoms with E-state index < -0.39 is 0 Å². The average molecular weight is 208 g/mol. The Balaban J connectivity index is 1.95. The van der Waals surface area contributed by atoms with E-state index in [1.807, 2.05) is 24.1 Å². The van der Waals surface area contributed by atoms with Crippen molar-refractivity contribution in [1.29, 1.82) is 0 Å². The number of amides is 1. The number of nitrogens with one attached hydrogen (secondary N) is 1. The van der Waals surface area contributed by atoms with Gasteiger partial charge in [-0.05, 0) is 25.6 Å². The highest BCUT2D eigenvalue weighted by molar-refractivity contribution is 5.77. The van der Waals surface area contributed by atoms with Crippen molar-refractivity contribution in [2.24, 2.45) is 0 Å². The van der Waals surface area contributed by atoms with Gasteiger partial charge < -0.3 is 14.6 Å². The molecular formula is C11H16N2O2. The zero-order chi connectivity index (χ0) is 10.7. The number of rotatable bonds is 4. The van der Waals surface area contributed by atoms with E-state index in [0.29, 0.717) is 13.0 Å². The van der Waals surface area contributed by atoms with Crippen molar-refractivity contribution in [2.75, 3.05) is 13.6 Å². The van der Waals surface area contributed by atoms with Gasteiger partial charge >= 0.3 is 0 Å². The van der Waals surface area contributed by atoms with Crippen molar-refractivity contribution in [3.05, 3.63) is 23.7 Å². The van der Waals surface area contributed by atoms with Crippen LogP contribution in [-0.4, -0.2) is 24.4 Å². The molecule has 2 rings (SSSR count). The minimum Gasteiger partial charge on any atom is -0.463 e. The monoisotopic (exact) mass is 208 g/mol. The topological polar surface area (TPSA) is 45.5 Å². The first-order valence-corrected chi connectivity index (χ1v) is 5.29. The lowest BCUT2D eigenvalue weighted by Crippen LogP contribution is -2.23. The van der Waals surface area contributed by atoms with Gasteiger partial charge in [0.2, 0.25) is 5.91 Å². The molecule has 0 bridgehead atoms. The number of hydrogen-bond donors (Lipinski definition) is 1. The van der Waals surface area contributed by atoms with E-state index in [1.165, 1.54) is 0 Å². The molecule has 1 N–H and O–H groups in total. The second-order valence-electron chi connectivity index (χ2n) is 3.82. The van der Waals surface area contributed by atoms with Crippen molar-refractivity contribution in [3.8, 4) is 0 Å². The lowest BCUT2D eigenvalue weighted by Gasteiger charge is -2.12. The molecule has 0 saturated carbocycles. The van der Waals surface area contributed by atoms with Crippen molar-refractivity contribution >= 4 is 5.91 Å². The van der Waals surface area contributed by atoms with Crippen LogP contribution >= 0.6 is 0 Å². The highest BCUT2D eigenvalue weighted by Gasteiger charge is 2.20. The van der Waals surface area contributed by atoms with E-state index in [4.69, 9.17) is 4.42 Å². The maximum absolute atomic E-state index is 11.4. The zero-order valence-corrected chi connectivity index (χ0v) is 8.95. The van der Waals surface area contributed by atoms with E-state index in [2.05, 4.69) is 5.32 Å². The van der Waals surface area contributed by atoms with E-state index in [-0.39, 0.29) is 5.91 Å². The molecule has 0 aromatic carbocycles. The Bertz CT molecular complexity index is 346. The first-order chi connectivity index (χ1) is 7.29. The van der Waals surface area contributed by atoms with E-state index >= 15 is 0 Å². The summed E-state index contributed by atoms with van der Waals surface area (Å²) in [6, 6.07) is 3.89. The lowest BCUT2D eigenvalue weighted by atomic mass is 10.4. The molecule has 1 fully saturated rings. The number of furan rings is 1. The van der Waals surface area contributed by atoms with Gasteiger partial charge in [-0.25, -0.2) is 0 Å². The van der Waals surface area contributed by atoms with E-state index in [0.717, 1.165) is 31.0 Å². The van der Waals surface area contributed by atoms with Crippen LogP contribution in [0, 0.1) is 0 Å². The number of nitrogens with zero attached hydrogens (tertiary/aromatic N) is 1. The molecule has 0 spiro atoms. The molecule has 1 aromatic rings. The smallest absolute Gasteiger partial charge is 0.223 e. The Morgan fingerprint density at radius 3 is 2.93 bits per heavy atom. The summed E-state index contributed by atoms with van der Waals surface area (Å²) in [7, 11) is 1.88. The maximum atomic E-state index is 11.4. The molecule has 1 amide bonds. The summed E-state index contributed by atoms with van der Waals surface area (Å²) in [6.07, 6.45) is 1.66. The minimum absolute atomic E-state index is 0.238. The van der Waals surface area contributed by atoms with Gasteiger partial charge in [0, 0.05) is 13.0 Å². The summed E-state index contributed by atoms with van der Waals surface area (Å²) >= 11 is 0. The SMILES string of the molecule is CNCc1ccc(CN2CCCC2=O)o1. The molecule has 4 heteroatoms. The normalized spacial score (nSPS) is 16.3. The molecule has 1 aliphatic heterocycles. The Labute approximate surface area is 89.2 Å². The Morgan fingerprint density at radius 1 is 1.47 bits per heavy atom. The molecule has 1 aliphatic rings. The van der Waals surface area contributed by atoms with Crippen molar-refractivity contribution in [1.82, 2.24) is 10.2 Å². The first kappa shape index (κ1) is 10.2. The summed E-state index contributed by atoms with van der Waals surface area (Å²) in [5, 5.41) is 3.03. The fourth-order valence-electron chi connectivity index (χ4n) is 1.84. The summed E-state index contributed by atoms with van der Waals surface area (Å²) < 4.78 is 5.58. The van der Waals surface area contributed by atoms with Gasteiger partial charge in [-0.3, -0.25) is 4.79 Å². The molecule has 0 atom stereocenters. The van der Waals surface area contributed by atoms with Crippen LogP contribution in [-0.2, 0) is 17.9 Å². The van der Waals surface area contributed by atoms with Crippen LogP contribution in [0.2, 0.25) is 0 Å². The average Bonchev–Trinajstić information content (AvgIpc) is 2.79. The third-order valence-corrected chi connectivity index (χ3v) is 2.59. The zero-order valence-electron chi connectivity index (χ0n) is 8.95. The van der Waals surface area contributed by atoms with Gasteiger partial charge in [-0.15, -0.1) is 0 Å². The fourth-order valence-corrected chi connectivity index (χ4v) is 1.84. The van der Waals surface area contributed by atoms with Crippen LogP contribution in [0.1, 0.15) is 24.4 Å². The summed E-state index contributed by atoms with van der Waals surface area (Å²) in [4.78, 5) is 13.2. The van der Waals surface area contributed by atoms with Crippen LogP contribution in [0.5, 0.6) is 0 Å². The van der Waals surface area contributed by atoms with Crippen LogP contribution in [0.4, 0.5) is 0 Å². The van der Waals surface area contributed by atoms with Crippen LogP contribution in [0.25, 0.3) is 0 Å². The number of carbonyl (C=O) groups excluding carboxylic acids is 1. The van der Waals surface area contributed by atoms with Crippen LogP contribution in [0.3, 0.4) is 0 Å². The molecule has 1 aromatic heterocycles. The van der Waals surface area contributed by atoms with Gasteiger partial charge in [0.1, 0.15) is 11.5 Å². The summed E-state index contributed by atoms with van der Waals surface area (Å²) in [5.74, 6) is 2.02. The number of carbonyl (C=O) groups is 1. The summed E-state index contributed by atoms with van der Waals surface area (Å²) in [5.41, 5.74) is 0. The highest BCUT2D eigenvalue weighted by atomic mass is 16.3. The van der Waals surface area contributed by atoms with Gasteiger partial charge in [-0.2, -0.15) is 0 Å². The minimum atomic E-state index is 0.238. The molecule has 15 heavy (non-hydrogen) atoms. The van der Waals surface area contributed by atoms with Crippen LogP contribution < -0.4 is 5.32 Å². The van der Waals surface area contributed by atoms with Gasteiger partial charge in [0.25, 0.3) is 0 Å². The standard InChI is InChI=1S/C11H16N2O2/c1-12-7-9-4-5-10(15-9)8-13-6-2-3-11(13)14/h4-5,12H,2-3,6-8H2,1H3. The summed E-state index contributed by atoms with van der Waals surface area (Å²) in [6.45, 7) is 2.21. The molecule has 0 radical (unpaired) electrons. The Kier molecular flexibility index (Phi) is 3.06. The van der Waals surface area contributed by atoms with Crippen molar-refractivity contribution < 1.29 is 9.21 Å². The molecule has 4 nitrogen and oxygen atoms in total. The molecule has 2 heterocycles. The molecule has 82 valence electrons. The van der Waals surface area contributed by atoms with Crippen molar-refractivity contribution in [2.45, 2.75) is 25.9 Å². The lowest BCUT2D eigenvalue weighted by molar-refractivity contribution is -0.128. The second kappa shape index (κ2) is 4.49. The fraction of sp³-hybridized carbons (Fsp3) is 0.545. The predicted molar refractivity (Wildman–Crippen MR) is 56.1 cm³/mol. The third-order valence-electron chi connectivity index (χ3n) is 2.59. The van der Waals surface area contributed by atoms with Gasteiger partial charge in [0.05, 0.1) is 13.1 Å². The number of hydrogen-bond acceptors (Lipinski definition) is 3. The number of likely N-dealkylation sites (tertiary alicyclic amines) is 1. The molecule has 0 unspecified atom stereocenters. The Hall–Kier alpha value is -1.29. The first-order valence-electron chi connectivity index (χ1n) is 5.29. The van der Waals surface area contributed by atoms with Gasteiger partial charge in [0.15, 0.2) is 0 Å². The van der Waals surface area contributed by atoms with E-state index in [1.54, 1.807) is 0 Å². The van der Waals surface area contributed by atoms with E-state index in [9.17, 15) is 4.79 Å². The van der Waals surface area contributed by atoms with Crippen molar-refractivity contribution in [3.63, 3.8) is 0 Å². The van der Waals surface area contributed by atoms with Gasteiger partial charge in [-0.1, -0.05) is 0 Å². The molecule has 1 saturated heterocycles. The largest absolute Gasteiger partial charge is 0.463 e. The van der Waals surface area contributed by atoms with Crippen LogP contribution in [0.15, 0.2) is 16.5 Å². The highest BCUT2D eigenvalue weighted by Crippen LogP contribution is 2.16. The quantitative estimate of drug-likeness (QED) is 0.806. The maximum Gasteiger partial charge on any atom is 0.223 e. The second-order valence-corrected chi connectivity index (χ2v) is 3.82. The third kappa shape index (κ3) is 2.39. The Morgan fingerprint density at radius 2 is 2.27 bits per heavy atom. The predicted octanol–water partition coefficient (Wildman–Crippen LogP) is 1.12. The molecular weight excluding hydrogens is 192 g/mol. The molecule has 0 aliphatic carbocycles.